The first-order valence-corrected chi connectivity index (χ1v) is 10.2. The first kappa shape index (κ1) is 20.7. The summed E-state index contributed by atoms with van der Waals surface area (Å²) in [6.07, 6.45) is 0.190. The Hall–Kier alpha value is -3.55. The van der Waals surface area contributed by atoms with Crippen molar-refractivity contribution in [2.24, 2.45) is 0 Å². The molecule has 1 aromatic heterocycles. The zero-order valence-corrected chi connectivity index (χ0v) is 17.4. The van der Waals surface area contributed by atoms with Gasteiger partial charge in [-0.2, -0.15) is 0 Å². The molecule has 1 unspecified atom stereocenters. The molecule has 0 aliphatic carbocycles. The monoisotopic (exact) mass is 424 g/mol. The van der Waals surface area contributed by atoms with E-state index < -0.39 is 17.8 Å². The maximum Gasteiger partial charge on any atom is 0.420 e. The number of methoxy groups -OCH3 is 1. The lowest BCUT2D eigenvalue weighted by molar-refractivity contribution is -0.159. The van der Waals surface area contributed by atoms with Crippen molar-refractivity contribution in [3.05, 3.63) is 64.6 Å². The van der Waals surface area contributed by atoms with Crippen LogP contribution in [0.3, 0.4) is 0 Å². The quantitative estimate of drug-likeness (QED) is 0.585. The third-order valence-electron chi connectivity index (χ3n) is 5.57. The van der Waals surface area contributed by atoms with Gasteiger partial charge in [0, 0.05) is 37.7 Å². The lowest BCUT2D eigenvalue weighted by atomic mass is 10.0. The summed E-state index contributed by atoms with van der Waals surface area (Å²) in [6.45, 7) is 2.18. The van der Waals surface area contributed by atoms with E-state index in [9.17, 15) is 14.4 Å². The van der Waals surface area contributed by atoms with E-state index in [2.05, 4.69) is 0 Å². The second kappa shape index (κ2) is 8.67. The van der Waals surface area contributed by atoms with Gasteiger partial charge in [0.2, 0.25) is 6.10 Å². The highest BCUT2D eigenvalue weighted by Crippen LogP contribution is 2.30. The number of carbonyl (C=O) groups excluding carboxylic acids is 2. The lowest BCUT2D eigenvalue weighted by Gasteiger charge is -2.34. The number of fused-ring (bicyclic) bond motifs is 1. The number of hydrogen-bond donors (Lipinski definition) is 0. The summed E-state index contributed by atoms with van der Waals surface area (Å²) in [5, 5.41) is 0. The smallest absolute Gasteiger partial charge is 0.420 e. The van der Waals surface area contributed by atoms with Crippen LogP contribution in [-0.2, 0) is 14.3 Å². The molecule has 0 spiro atoms. The van der Waals surface area contributed by atoms with Gasteiger partial charge in [-0.15, -0.1) is 0 Å². The van der Waals surface area contributed by atoms with Crippen LogP contribution in [0, 0.1) is 0 Å². The lowest BCUT2D eigenvalue weighted by Crippen LogP contribution is -2.43. The van der Waals surface area contributed by atoms with Crippen molar-refractivity contribution in [2.45, 2.75) is 31.9 Å². The molecule has 3 aromatic rings. The van der Waals surface area contributed by atoms with Crippen LogP contribution in [0.2, 0.25) is 0 Å². The van der Waals surface area contributed by atoms with Crippen molar-refractivity contribution >= 4 is 23.0 Å². The Balaban J connectivity index is 1.52. The summed E-state index contributed by atoms with van der Waals surface area (Å²) in [7, 11) is 1.57. The normalized spacial score (nSPS) is 15.6. The highest BCUT2D eigenvalue weighted by atomic mass is 16.5. The average Bonchev–Trinajstić information content (AvgIpc) is 3.12. The molecule has 31 heavy (non-hydrogen) atoms. The van der Waals surface area contributed by atoms with E-state index in [1.54, 1.807) is 59.0 Å². The van der Waals surface area contributed by atoms with Crippen molar-refractivity contribution in [3.8, 4) is 5.75 Å². The zero-order valence-electron chi connectivity index (χ0n) is 17.4. The number of likely N-dealkylation sites (tertiary alicyclic amines) is 1. The Kier molecular flexibility index (Phi) is 5.79. The molecule has 1 amide bonds. The first-order valence-electron chi connectivity index (χ1n) is 10.2. The van der Waals surface area contributed by atoms with Gasteiger partial charge in [0.25, 0.3) is 5.91 Å². The van der Waals surface area contributed by atoms with Crippen molar-refractivity contribution in [2.75, 3.05) is 20.2 Å². The second-order valence-corrected chi connectivity index (χ2v) is 7.53. The van der Waals surface area contributed by atoms with E-state index in [0.717, 1.165) is 0 Å². The van der Waals surface area contributed by atoms with Crippen molar-refractivity contribution in [3.63, 3.8) is 0 Å². The number of aromatic nitrogens is 1. The molecule has 1 saturated heterocycles. The summed E-state index contributed by atoms with van der Waals surface area (Å²) in [5.41, 5.74) is 1.81. The van der Waals surface area contributed by atoms with Crippen LogP contribution >= 0.6 is 0 Å². The molecule has 8 nitrogen and oxygen atoms in total. The van der Waals surface area contributed by atoms with Crippen LogP contribution in [0.15, 0.2) is 57.7 Å². The molecule has 1 aliphatic heterocycles. The van der Waals surface area contributed by atoms with Crippen LogP contribution in [0.5, 0.6) is 5.75 Å². The third-order valence-corrected chi connectivity index (χ3v) is 5.57. The second-order valence-electron chi connectivity index (χ2n) is 7.53. The van der Waals surface area contributed by atoms with E-state index in [1.165, 1.54) is 6.92 Å². The molecule has 1 aliphatic rings. The Labute approximate surface area is 179 Å². The number of piperidine rings is 1. The summed E-state index contributed by atoms with van der Waals surface area (Å²) in [6, 6.07) is 14.1. The topological polar surface area (TPSA) is 91.0 Å². The number of oxazole rings is 1. The maximum absolute atomic E-state index is 13.1. The molecule has 0 saturated carbocycles. The minimum atomic E-state index is -0.975. The van der Waals surface area contributed by atoms with E-state index >= 15 is 0 Å². The Morgan fingerprint density at radius 3 is 2.45 bits per heavy atom. The maximum atomic E-state index is 13.1. The summed E-state index contributed by atoms with van der Waals surface area (Å²) < 4.78 is 17.6. The molecule has 0 radical (unpaired) electrons. The van der Waals surface area contributed by atoms with Gasteiger partial charge < -0.3 is 18.8 Å². The molecule has 1 fully saturated rings. The van der Waals surface area contributed by atoms with E-state index in [-0.39, 0.29) is 11.9 Å². The van der Waals surface area contributed by atoms with Gasteiger partial charge >= 0.3 is 11.7 Å². The van der Waals surface area contributed by atoms with Crippen molar-refractivity contribution < 1.29 is 23.5 Å². The standard InChI is InChI=1S/C23H24N2O6/c1-15(26)30-21(16-6-4-3-5-7-16)22(27)24-12-10-17(11-13-24)25-19-14-18(29-2)8-9-20(19)31-23(25)28/h3-9,14,17,21H,10-13H2,1-2H3. The minimum absolute atomic E-state index is 0.103. The molecule has 0 bridgehead atoms. The number of carbonyl (C=O) groups is 2. The summed E-state index contributed by atoms with van der Waals surface area (Å²) >= 11 is 0. The molecule has 1 atom stereocenters. The predicted octanol–water partition coefficient (Wildman–Crippen LogP) is 3.07. The fraction of sp³-hybridized carbons (Fsp3) is 0.348. The first-order chi connectivity index (χ1) is 15.0. The molecule has 162 valence electrons. The number of ether oxygens (including phenoxy) is 2. The van der Waals surface area contributed by atoms with Crippen LogP contribution in [0.1, 0.15) is 37.5 Å². The average molecular weight is 424 g/mol. The largest absolute Gasteiger partial charge is 0.497 e. The van der Waals surface area contributed by atoms with Gasteiger partial charge in [0.15, 0.2) is 5.58 Å². The highest BCUT2D eigenvalue weighted by molar-refractivity contribution is 5.85. The number of amides is 1. The number of benzene rings is 2. The Morgan fingerprint density at radius 2 is 1.81 bits per heavy atom. The van der Waals surface area contributed by atoms with E-state index in [1.807, 2.05) is 6.07 Å². The fourth-order valence-corrected chi connectivity index (χ4v) is 4.05. The molecule has 4 rings (SSSR count). The summed E-state index contributed by atoms with van der Waals surface area (Å²) in [5.74, 6) is -0.551. The molecular weight excluding hydrogens is 400 g/mol. The molecule has 2 heterocycles. The SMILES string of the molecule is COc1ccc2oc(=O)n(C3CCN(C(=O)C(OC(C)=O)c4ccccc4)CC3)c2c1. The van der Waals surface area contributed by atoms with Crippen LogP contribution in [0.4, 0.5) is 0 Å². The van der Waals surface area contributed by atoms with Crippen molar-refractivity contribution in [1.29, 1.82) is 0 Å². The number of hydrogen-bond acceptors (Lipinski definition) is 6. The number of nitrogens with zero attached hydrogens (tertiary/aromatic N) is 2. The summed E-state index contributed by atoms with van der Waals surface area (Å²) in [4.78, 5) is 38.9. The van der Waals surface area contributed by atoms with E-state index in [4.69, 9.17) is 13.9 Å². The molecule has 2 aromatic carbocycles. The molecule has 0 N–H and O–H groups in total. The van der Waals surface area contributed by atoms with Crippen molar-refractivity contribution in [1.82, 2.24) is 9.47 Å². The number of esters is 1. The Morgan fingerprint density at radius 1 is 1.10 bits per heavy atom. The molecular formula is C23H24N2O6. The van der Waals surface area contributed by atoms with Gasteiger partial charge in [-0.25, -0.2) is 4.79 Å². The van der Waals surface area contributed by atoms with Crippen LogP contribution in [-0.4, -0.2) is 41.5 Å². The minimum Gasteiger partial charge on any atom is -0.497 e. The highest BCUT2D eigenvalue weighted by Gasteiger charge is 2.32. The van der Waals surface area contributed by atoms with E-state index in [0.29, 0.717) is 48.3 Å². The Bertz CT molecular complexity index is 1140. The van der Waals surface area contributed by atoms with Crippen LogP contribution in [0.25, 0.3) is 11.1 Å². The van der Waals surface area contributed by atoms with Crippen LogP contribution < -0.4 is 10.5 Å². The molecule has 8 heteroatoms. The fourth-order valence-electron chi connectivity index (χ4n) is 4.05. The van der Waals surface area contributed by atoms with Gasteiger partial charge in [0.05, 0.1) is 12.6 Å². The number of rotatable bonds is 5. The zero-order chi connectivity index (χ0) is 22.0. The van der Waals surface area contributed by atoms with Gasteiger partial charge in [-0.1, -0.05) is 30.3 Å². The van der Waals surface area contributed by atoms with Gasteiger partial charge in [-0.3, -0.25) is 14.2 Å². The third kappa shape index (κ3) is 4.19. The van der Waals surface area contributed by atoms with Gasteiger partial charge in [0.1, 0.15) is 5.75 Å². The van der Waals surface area contributed by atoms with Gasteiger partial charge in [-0.05, 0) is 25.0 Å². The predicted molar refractivity (Wildman–Crippen MR) is 113 cm³/mol.